The van der Waals surface area contributed by atoms with Crippen molar-refractivity contribution in [1.29, 1.82) is 0 Å². The molecule has 4 aliphatic heterocycles. The topological polar surface area (TPSA) is 140 Å². The first-order valence-electron chi connectivity index (χ1n) is 25.4. The van der Waals surface area contributed by atoms with E-state index in [0.717, 1.165) is 55.4 Å². The molecule has 12 heteroatoms. The zero-order valence-electron chi connectivity index (χ0n) is 39.7. The summed E-state index contributed by atoms with van der Waals surface area (Å²) in [6.45, 7) is 20.5. The van der Waals surface area contributed by atoms with Crippen LogP contribution in [-0.2, 0) is 38.0 Å². The van der Waals surface area contributed by atoms with Crippen molar-refractivity contribution >= 4 is 33.5 Å². The molecular formula is C54H72O10S2. The Morgan fingerprint density at radius 3 is 2.39 bits per heavy atom. The van der Waals surface area contributed by atoms with Gasteiger partial charge < -0.3 is 38.6 Å². The maximum Gasteiger partial charge on any atom is 0.307 e. The van der Waals surface area contributed by atoms with Gasteiger partial charge >= 0.3 is 11.9 Å². The molecule has 11 aliphatic rings. The Morgan fingerprint density at radius 1 is 0.894 bits per heavy atom. The molecular weight excluding hydrogens is 873 g/mol. The van der Waals surface area contributed by atoms with Crippen molar-refractivity contribution < 1.29 is 48.2 Å². The lowest BCUT2D eigenvalue weighted by molar-refractivity contribution is -0.168. The smallest absolute Gasteiger partial charge is 0.307 e. The summed E-state index contributed by atoms with van der Waals surface area (Å²) in [6, 6.07) is 0. The summed E-state index contributed by atoms with van der Waals surface area (Å²) in [6.07, 6.45) is 18.7. The van der Waals surface area contributed by atoms with E-state index in [1.807, 2.05) is 0 Å². The number of ether oxygens (including phenoxy) is 6. The van der Waals surface area contributed by atoms with Crippen LogP contribution in [0.25, 0.3) is 0 Å². The summed E-state index contributed by atoms with van der Waals surface area (Å²) < 4.78 is 38.8. The lowest BCUT2D eigenvalue weighted by Crippen LogP contribution is -2.70. The number of allylic oxidation sites excluding steroid dienone is 5. The second-order valence-corrected chi connectivity index (χ2v) is 25.6. The van der Waals surface area contributed by atoms with Crippen LogP contribution in [0.4, 0.5) is 0 Å². The highest BCUT2D eigenvalue weighted by atomic mass is 33.1. The third-order valence-corrected chi connectivity index (χ3v) is 21.7. The zero-order chi connectivity index (χ0) is 46.1. The lowest BCUT2D eigenvalue weighted by Gasteiger charge is -2.53. The fourth-order valence-corrected chi connectivity index (χ4v) is 17.4. The van der Waals surface area contributed by atoms with Gasteiger partial charge in [0.25, 0.3) is 0 Å². The molecule has 3 saturated heterocycles. The Labute approximate surface area is 399 Å². The molecule has 360 valence electrons. The van der Waals surface area contributed by atoms with Crippen LogP contribution in [0.15, 0.2) is 71.1 Å². The number of aliphatic hydroxyl groups excluding tert-OH is 2. The van der Waals surface area contributed by atoms with Gasteiger partial charge in [0.2, 0.25) is 0 Å². The number of carbonyl (C=O) groups is 2. The minimum atomic E-state index is -0.752. The SMILES string of the molecule is C=C1OCC2=C1CC[C@@]1(C)[C@H]2C[C@@H]2O[C@@]23[C@H](OC(=O)CCSSCCC(=O)O[C@@H]2C/C(=C/C=C4\CCC[C@@]5(C)C4CCC5[C@@H](C)/C=C/C(O)C4CC4)C(=C)[C@@H](O)C2)[C@@]2(C(C)C)O[C@H]2[C@@H]2O[C@@]231. The molecule has 0 aromatic carbocycles. The average molecular weight is 945 g/mol. The highest BCUT2D eigenvalue weighted by Gasteiger charge is 3.01. The number of aliphatic hydroxyl groups is 2. The van der Waals surface area contributed by atoms with Crippen LogP contribution in [0.1, 0.15) is 125 Å². The minimum absolute atomic E-state index is 0.0716. The van der Waals surface area contributed by atoms with Gasteiger partial charge in [-0.3, -0.25) is 9.59 Å². The van der Waals surface area contributed by atoms with Crippen molar-refractivity contribution in [2.45, 2.75) is 184 Å². The van der Waals surface area contributed by atoms with Crippen molar-refractivity contribution in [2.75, 3.05) is 18.1 Å². The summed E-state index contributed by atoms with van der Waals surface area (Å²) in [5.74, 6) is 3.77. The van der Waals surface area contributed by atoms with Crippen LogP contribution in [0.2, 0.25) is 0 Å². The van der Waals surface area contributed by atoms with Crippen LogP contribution in [0.5, 0.6) is 0 Å². The van der Waals surface area contributed by atoms with E-state index in [0.29, 0.717) is 54.6 Å². The lowest BCUT2D eigenvalue weighted by atomic mass is 9.46. The number of carbonyl (C=O) groups excluding carboxylic acids is 2. The number of hydrogen-bond acceptors (Lipinski definition) is 12. The van der Waals surface area contributed by atoms with Crippen LogP contribution in [0.3, 0.4) is 0 Å². The van der Waals surface area contributed by atoms with E-state index in [1.54, 1.807) is 21.6 Å². The molecule has 2 N–H and O–H groups in total. The number of hydrogen-bond donors (Lipinski definition) is 2. The van der Waals surface area contributed by atoms with Crippen LogP contribution in [0, 0.1) is 46.3 Å². The molecule has 11 rings (SSSR count). The van der Waals surface area contributed by atoms with E-state index in [-0.39, 0.29) is 71.9 Å². The Morgan fingerprint density at radius 2 is 1.65 bits per heavy atom. The molecule has 10 nitrogen and oxygen atoms in total. The summed E-state index contributed by atoms with van der Waals surface area (Å²) in [5.41, 5.74) is 3.94. The molecule has 2 spiro atoms. The molecule has 0 aromatic rings. The monoisotopic (exact) mass is 944 g/mol. The molecule has 0 radical (unpaired) electrons. The first kappa shape index (κ1) is 46.1. The quantitative estimate of drug-likeness (QED) is 0.0532. The van der Waals surface area contributed by atoms with E-state index in [4.69, 9.17) is 28.4 Å². The van der Waals surface area contributed by atoms with Crippen LogP contribution in [-0.4, -0.2) is 99.8 Å². The first-order valence-corrected chi connectivity index (χ1v) is 27.9. The predicted octanol–water partition coefficient (Wildman–Crippen LogP) is 9.46. The van der Waals surface area contributed by atoms with Gasteiger partial charge in [0, 0.05) is 29.8 Å². The van der Waals surface area contributed by atoms with E-state index >= 15 is 0 Å². The van der Waals surface area contributed by atoms with Gasteiger partial charge in [-0.15, -0.1) is 0 Å². The Bertz CT molecular complexity index is 2180. The van der Waals surface area contributed by atoms with Crippen molar-refractivity contribution in [3.8, 4) is 0 Å². The van der Waals surface area contributed by atoms with Gasteiger partial charge in [0.15, 0.2) is 11.7 Å². The molecule has 0 aromatic heterocycles. The number of epoxide rings is 3. The maximum atomic E-state index is 13.7. The van der Waals surface area contributed by atoms with E-state index in [9.17, 15) is 19.8 Å². The fourth-order valence-electron chi connectivity index (χ4n) is 15.5. The van der Waals surface area contributed by atoms with Crippen molar-refractivity contribution in [3.05, 3.63) is 71.1 Å². The van der Waals surface area contributed by atoms with Gasteiger partial charge in [-0.25, -0.2) is 0 Å². The maximum absolute atomic E-state index is 13.7. The fraction of sp³-hybridized carbons (Fsp3) is 0.741. The minimum Gasteiger partial charge on any atom is -0.490 e. The van der Waals surface area contributed by atoms with Gasteiger partial charge in [-0.1, -0.05) is 99.2 Å². The van der Waals surface area contributed by atoms with Gasteiger partial charge in [-0.05, 0) is 127 Å². The molecule has 9 fully saturated rings. The highest BCUT2D eigenvalue weighted by molar-refractivity contribution is 8.76. The first-order chi connectivity index (χ1) is 31.6. The van der Waals surface area contributed by atoms with Gasteiger partial charge in [0.05, 0.1) is 31.2 Å². The largest absolute Gasteiger partial charge is 0.490 e. The molecule has 16 atom stereocenters. The van der Waals surface area contributed by atoms with Crippen molar-refractivity contribution in [3.63, 3.8) is 0 Å². The van der Waals surface area contributed by atoms with Crippen molar-refractivity contribution in [2.24, 2.45) is 46.3 Å². The average Bonchev–Trinajstić information content (AvgIpc) is 4.12. The van der Waals surface area contributed by atoms with Crippen LogP contribution >= 0.6 is 21.6 Å². The molecule has 0 bridgehead atoms. The van der Waals surface area contributed by atoms with E-state index < -0.39 is 35.1 Å². The zero-order valence-corrected chi connectivity index (χ0v) is 41.4. The summed E-state index contributed by atoms with van der Waals surface area (Å²) in [5, 5.41) is 21.5. The third kappa shape index (κ3) is 7.03. The normalized spacial score (nSPS) is 45.8. The van der Waals surface area contributed by atoms with Crippen LogP contribution < -0.4 is 0 Å². The van der Waals surface area contributed by atoms with Gasteiger partial charge in [0.1, 0.15) is 41.9 Å². The third-order valence-electron chi connectivity index (χ3n) is 19.2. The summed E-state index contributed by atoms with van der Waals surface area (Å²) in [7, 11) is 3.12. The molecule has 6 saturated carbocycles. The number of fused-ring (bicyclic) bond motifs is 5. The number of esters is 2. The predicted molar refractivity (Wildman–Crippen MR) is 255 cm³/mol. The van der Waals surface area contributed by atoms with Crippen molar-refractivity contribution in [1.82, 2.24) is 0 Å². The Hall–Kier alpha value is -2.32. The summed E-state index contributed by atoms with van der Waals surface area (Å²) >= 11 is 0. The number of rotatable bonds is 15. The van der Waals surface area contributed by atoms with E-state index in [1.165, 1.54) is 42.4 Å². The Balaban J connectivity index is 0.652. The second-order valence-electron chi connectivity index (χ2n) is 22.8. The second kappa shape index (κ2) is 16.6. The highest BCUT2D eigenvalue weighted by Crippen LogP contribution is 2.83. The Kier molecular flexibility index (Phi) is 11.6. The summed E-state index contributed by atoms with van der Waals surface area (Å²) in [4.78, 5) is 26.8. The molecule has 0 amide bonds. The molecule has 66 heavy (non-hydrogen) atoms. The molecule has 7 aliphatic carbocycles. The molecule has 3 unspecified atom stereocenters. The van der Waals surface area contributed by atoms with Gasteiger partial charge in [-0.2, -0.15) is 0 Å². The standard InChI is InChI=1S/C54H72O10S2/c1-29(2)52-47(63-52)48-54(64-48)51(7)22-18-37-32(5)59-28-38(37)41(51)27-44-53(54,62-44)49(52)61-46(58)20-24-66-65-23-19-45(57)60-36-25-35(31(4)43(56)26-36)14-11-33-9-8-21-50(6)39(15-16-40(33)50)30(3)10-17-42(55)34-12-13-34/h10-11,14,17,29-30,34,36,39-44,47-49,55-56H,4-5,8-9,12-13,15-16,18-28H2,1-3,6-7H3/b17-10+,33-11+,35-14-/t30-,36+,39?,40?,41-,42?,43-,44-,47-,48-,49+,50+,51-,52-,53+,54+/m0/s1. The molecule has 4 heterocycles. The van der Waals surface area contributed by atoms with E-state index in [2.05, 4.69) is 72.1 Å².